The zero-order valence-electron chi connectivity index (χ0n) is 17.7. The fraction of sp³-hybridized carbons (Fsp3) is 0.130. The standard InChI is InChI=1S/C23H21N9/c1-15(13-24)30-23(26-2)29-14-16-7-9-17(10-8-16)32-21(18-5-3-11-27-20(18)25)31-19-6-4-12-28-22(19)32/h3-12H,14H2,1-2H3,(H2,25,27)(H,26,29)/b30-15+. The number of pyridine rings is 2. The van der Waals surface area contributed by atoms with Crippen LogP contribution in [-0.4, -0.2) is 38.2 Å². The number of rotatable bonds is 4. The van der Waals surface area contributed by atoms with Crippen LogP contribution in [-0.2, 0) is 6.54 Å². The van der Waals surface area contributed by atoms with Gasteiger partial charge in [0.05, 0.1) is 5.56 Å². The smallest absolute Gasteiger partial charge is 0.218 e. The molecule has 9 heteroatoms. The van der Waals surface area contributed by atoms with E-state index in [-0.39, 0.29) is 0 Å². The highest BCUT2D eigenvalue weighted by Crippen LogP contribution is 2.30. The molecular formula is C23H21N9. The van der Waals surface area contributed by atoms with Gasteiger partial charge in [-0.3, -0.25) is 9.56 Å². The lowest BCUT2D eigenvalue weighted by molar-refractivity contribution is 0.899. The van der Waals surface area contributed by atoms with Gasteiger partial charge in [-0.1, -0.05) is 12.1 Å². The summed E-state index contributed by atoms with van der Waals surface area (Å²) in [7, 11) is 1.63. The molecule has 9 nitrogen and oxygen atoms in total. The summed E-state index contributed by atoms with van der Waals surface area (Å²) >= 11 is 0. The van der Waals surface area contributed by atoms with Gasteiger partial charge < -0.3 is 11.1 Å². The fourth-order valence-electron chi connectivity index (χ4n) is 3.24. The van der Waals surface area contributed by atoms with Crippen molar-refractivity contribution in [1.29, 1.82) is 5.26 Å². The average molecular weight is 423 g/mol. The molecule has 0 aliphatic carbocycles. The van der Waals surface area contributed by atoms with E-state index in [1.54, 1.807) is 26.4 Å². The summed E-state index contributed by atoms with van der Waals surface area (Å²) in [5.41, 5.74) is 10.7. The van der Waals surface area contributed by atoms with Crippen LogP contribution in [0.25, 0.3) is 28.2 Å². The summed E-state index contributed by atoms with van der Waals surface area (Å²) in [5, 5.41) is 12.0. The molecule has 3 aromatic heterocycles. The zero-order chi connectivity index (χ0) is 22.5. The monoisotopic (exact) mass is 423 g/mol. The molecule has 0 bridgehead atoms. The Kier molecular flexibility index (Phi) is 5.85. The number of guanidine groups is 1. The van der Waals surface area contributed by atoms with E-state index >= 15 is 0 Å². The Balaban J connectivity index is 1.68. The van der Waals surface area contributed by atoms with Gasteiger partial charge in [0.2, 0.25) is 5.96 Å². The second-order valence-corrected chi connectivity index (χ2v) is 6.93. The van der Waals surface area contributed by atoms with Crippen molar-refractivity contribution in [3.05, 3.63) is 66.5 Å². The molecule has 0 spiro atoms. The average Bonchev–Trinajstić information content (AvgIpc) is 3.21. The maximum atomic E-state index is 8.89. The van der Waals surface area contributed by atoms with Crippen molar-refractivity contribution >= 4 is 28.7 Å². The van der Waals surface area contributed by atoms with Gasteiger partial charge in [-0.15, -0.1) is 0 Å². The summed E-state index contributed by atoms with van der Waals surface area (Å²) in [5.74, 6) is 1.49. The van der Waals surface area contributed by atoms with Gasteiger partial charge >= 0.3 is 0 Å². The molecule has 0 fully saturated rings. The number of benzene rings is 1. The highest BCUT2D eigenvalue weighted by molar-refractivity contribution is 6.04. The van der Waals surface area contributed by atoms with Crippen molar-refractivity contribution in [1.82, 2.24) is 24.8 Å². The molecule has 0 amide bonds. The molecule has 1 aromatic carbocycles. The van der Waals surface area contributed by atoms with E-state index in [0.717, 1.165) is 28.0 Å². The lowest BCUT2D eigenvalue weighted by Gasteiger charge is -2.11. The third-order valence-electron chi connectivity index (χ3n) is 4.79. The summed E-state index contributed by atoms with van der Waals surface area (Å²) in [6.07, 6.45) is 3.40. The Morgan fingerprint density at radius 2 is 1.88 bits per heavy atom. The first kappa shape index (κ1) is 20.7. The third kappa shape index (κ3) is 4.15. The number of nitriles is 1. The minimum atomic E-state index is 0.343. The van der Waals surface area contributed by atoms with Crippen LogP contribution < -0.4 is 11.1 Å². The largest absolute Gasteiger partial charge is 0.383 e. The molecule has 158 valence electrons. The van der Waals surface area contributed by atoms with Gasteiger partial charge in [-0.05, 0) is 48.9 Å². The molecular weight excluding hydrogens is 402 g/mol. The molecule has 0 aliphatic rings. The van der Waals surface area contributed by atoms with E-state index in [1.165, 1.54) is 0 Å². The Morgan fingerprint density at radius 1 is 1.12 bits per heavy atom. The number of hydrogen-bond acceptors (Lipinski definition) is 6. The van der Waals surface area contributed by atoms with Gasteiger partial charge in [0, 0.05) is 31.7 Å². The van der Waals surface area contributed by atoms with Gasteiger partial charge in [0.1, 0.15) is 23.1 Å². The first-order chi connectivity index (χ1) is 15.6. The number of aromatic nitrogens is 4. The summed E-state index contributed by atoms with van der Waals surface area (Å²) < 4.78 is 1.97. The van der Waals surface area contributed by atoms with Crippen LogP contribution in [0.3, 0.4) is 0 Å². The number of fused-ring (bicyclic) bond motifs is 1. The van der Waals surface area contributed by atoms with Crippen molar-refractivity contribution < 1.29 is 0 Å². The predicted molar refractivity (Wildman–Crippen MR) is 125 cm³/mol. The van der Waals surface area contributed by atoms with E-state index in [2.05, 4.69) is 25.3 Å². The number of imidazole rings is 1. The fourth-order valence-corrected chi connectivity index (χ4v) is 3.24. The van der Waals surface area contributed by atoms with Gasteiger partial charge in [-0.2, -0.15) is 5.26 Å². The number of nitrogens with one attached hydrogen (secondary N) is 1. The van der Waals surface area contributed by atoms with Crippen molar-refractivity contribution in [2.45, 2.75) is 13.5 Å². The lowest BCUT2D eigenvalue weighted by atomic mass is 10.2. The van der Waals surface area contributed by atoms with Crippen LogP contribution in [0.4, 0.5) is 5.82 Å². The highest BCUT2D eigenvalue weighted by atomic mass is 15.1. The van der Waals surface area contributed by atoms with Crippen molar-refractivity contribution in [3.8, 4) is 23.1 Å². The SMILES string of the molecule is CN=C(/N=C(\C)C#N)NCc1ccc(-n2c(-c3cccnc3N)nc3cccnc32)cc1. The van der Waals surface area contributed by atoms with E-state index in [9.17, 15) is 0 Å². The maximum Gasteiger partial charge on any atom is 0.218 e. The predicted octanol–water partition coefficient (Wildman–Crippen LogP) is 3.12. The van der Waals surface area contributed by atoms with Crippen LogP contribution in [0.2, 0.25) is 0 Å². The topological polar surface area (TPSA) is 130 Å². The molecule has 32 heavy (non-hydrogen) atoms. The molecule has 3 N–H and O–H groups in total. The number of anilines is 1. The molecule has 3 heterocycles. The summed E-state index contributed by atoms with van der Waals surface area (Å²) in [4.78, 5) is 21.7. The first-order valence-corrected chi connectivity index (χ1v) is 9.90. The molecule has 0 atom stereocenters. The van der Waals surface area contributed by atoms with Crippen LogP contribution in [0.15, 0.2) is 70.9 Å². The summed E-state index contributed by atoms with van der Waals surface area (Å²) in [6.45, 7) is 2.15. The Bertz CT molecular complexity index is 1360. The van der Waals surface area contributed by atoms with Crippen molar-refractivity contribution in [3.63, 3.8) is 0 Å². The number of nitrogen functional groups attached to an aromatic ring is 1. The normalized spacial score (nSPS) is 12.0. The van der Waals surface area contributed by atoms with Crippen LogP contribution in [0.5, 0.6) is 0 Å². The number of nitrogens with two attached hydrogens (primary N) is 1. The molecule has 0 unspecified atom stereocenters. The van der Waals surface area contributed by atoms with Crippen LogP contribution in [0, 0.1) is 11.3 Å². The van der Waals surface area contributed by atoms with E-state index < -0.39 is 0 Å². The molecule has 0 saturated carbocycles. The van der Waals surface area contributed by atoms with Crippen LogP contribution >= 0.6 is 0 Å². The minimum Gasteiger partial charge on any atom is -0.383 e. The van der Waals surface area contributed by atoms with Gasteiger partial charge in [0.25, 0.3) is 0 Å². The molecule has 0 aliphatic heterocycles. The molecule has 4 aromatic rings. The van der Waals surface area contributed by atoms with Gasteiger partial charge in [0.15, 0.2) is 11.5 Å². The maximum absolute atomic E-state index is 8.89. The van der Waals surface area contributed by atoms with Crippen LogP contribution in [0.1, 0.15) is 12.5 Å². The minimum absolute atomic E-state index is 0.343. The van der Waals surface area contributed by atoms with Crippen molar-refractivity contribution in [2.75, 3.05) is 12.8 Å². The number of hydrogen-bond donors (Lipinski definition) is 2. The molecule has 0 saturated heterocycles. The molecule has 4 rings (SSSR count). The van der Waals surface area contributed by atoms with E-state index in [1.807, 2.05) is 59.2 Å². The Morgan fingerprint density at radius 3 is 2.59 bits per heavy atom. The van der Waals surface area contributed by atoms with Gasteiger partial charge in [-0.25, -0.2) is 19.9 Å². The first-order valence-electron chi connectivity index (χ1n) is 9.90. The van der Waals surface area contributed by atoms with E-state index in [4.69, 9.17) is 16.0 Å². The van der Waals surface area contributed by atoms with E-state index in [0.29, 0.717) is 29.9 Å². The molecule has 0 radical (unpaired) electrons. The summed E-state index contributed by atoms with van der Waals surface area (Å²) in [6, 6.07) is 17.5. The Labute approximate surface area is 185 Å². The Hall–Kier alpha value is -4.58. The van der Waals surface area contributed by atoms with Crippen molar-refractivity contribution in [2.24, 2.45) is 9.98 Å². The lowest BCUT2D eigenvalue weighted by Crippen LogP contribution is -2.22. The second-order valence-electron chi connectivity index (χ2n) is 6.93. The third-order valence-corrected chi connectivity index (χ3v) is 4.79. The highest BCUT2D eigenvalue weighted by Gasteiger charge is 2.17. The number of aliphatic imine (C=N–C) groups is 2. The number of nitrogens with zero attached hydrogens (tertiary/aromatic N) is 7. The zero-order valence-corrected chi connectivity index (χ0v) is 17.7. The quantitative estimate of drug-likeness (QED) is 0.383. The second kappa shape index (κ2) is 9.06.